The zero-order chi connectivity index (χ0) is 15.7. The third-order valence-corrected chi connectivity index (χ3v) is 4.41. The maximum Gasteiger partial charge on any atom is 0.296 e. The van der Waals surface area contributed by atoms with Gasteiger partial charge in [-0.15, -0.1) is 0 Å². The van der Waals surface area contributed by atoms with Gasteiger partial charge in [-0.2, -0.15) is 0 Å². The first-order valence-corrected chi connectivity index (χ1v) is 7.66. The minimum absolute atomic E-state index is 0.0192. The van der Waals surface area contributed by atoms with E-state index in [-0.39, 0.29) is 11.6 Å². The van der Waals surface area contributed by atoms with Crippen molar-refractivity contribution in [2.75, 3.05) is 0 Å². The highest BCUT2D eigenvalue weighted by molar-refractivity contribution is 6.35. The Bertz CT molecular complexity index is 628. The number of carbonyl (C=O) groups is 2. The molecule has 1 fully saturated rings. The highest BCUT2D eigenvalue weighted by atomic mass is 19.1. The maximum atomic E-state index is 13.0. The number of hydrogen-bond donors (Lipinski definition) is 1. The van der Waals surface area contributed by atoms with E-state index in [1.807, 2.05) is 0 Å². The van der Waals surface area contributed by atoms with E-state index in [4.69, 9.17) is 0 Å². The minimum atomic E-state index is -0.628. The van der Waals surface area contributed by atoms with Gasteiger partial charge in [0, 0.05) is 6.04 Å². The molecule has 1 heterocycles. The van der Waals surface area contributed by atoms with Crippen LogP contribution in [0.1, 0.15) is 44.1 Å². The van der Waals surface area contributed by atoms with Crippen molar-refractivity contribution in [3.63, 3.8) is 0 Å². The van der Waals surface area contributed by atoms with Crippen LogP contribution >= 0.6 is 0 Å². The molecule has 1 N–H and O–H groups in total. The van der Waals surface area contributed by atoms with Crippen LogP contribution in [0.2, 0.25) is 0 Å². The van der Waals surface area contributed by atoms with Gasteiger partial charge in [0.2, 0.25) is 0 Å². The van der Waals surface area contributed by atoms with Crippen molar-refractivity contribution in [1.29, 1.82) is 0 Å². The van der Waals surface area contributed by atoms with E-state index in [1.165, 1.54) is 29.2 Å². The van der Waals surface area contributed by atoms with Gasteiger partial charge in [0.25, 0.3) is 11.8 Å². The molecule has 4 nitrogen and oxygen atoms in total. The molecule has 1 aliphatic heterocycles. The molecule has 1 aliphatic carbocycles. The second-order valence-electron chi connectivity index (χ2n) is 5.86. The summed E-state index contributed by atoms with van der Waals surface area (Å²) in [5.74, 6) is -2.06. The zero-order valence-electron chi connectivity index (χ0n) is 12.2. The van der Waals surface area contributed by atoms with Gasteiger partial charge in [0.1, 0.15) is 5.82 Å². The molecular weight excluding hydrogens is 285 g/mol. The number of imide groups is 1. The van der Waals surface area contributed by atoms with E-state index in [0.29, 0.717) is 5.56 Å². The molecular formula is C17H18FNO3. The second kappa shape index (κ2) is 5.91. The highest BCUT2D eigenvalue weighted by Crippen LogP contribution is 2.33. The van der Waals surface area contributed by atoms with Crippen LogP contribution in [0.4, 0.5) is 4.39 Å². The molecule has 0 saturated heterocycles. The largest absolute Gasteiger partial charge is 0.502 e. The van der Waals surface area contributed by atoms with Gasteiger partial charge in [-0.3, -0.25) is 14.5 Å². The predicted molar refractivity (Wildman–Crippen MR) is 79.3 cm³/mol. The summed E-state index contributed by atoms with van der Waals surface area (Å²) in [7, 11) is 0. The fourth-order valence-electron chi connectivity index (χ4n) is 3.26. The lowest BCUT2D eigenvalue weighted by atomic mass is 10.0. The van der Waals surface area contributed by atoms with Gasteiger partial charge < -0.3 is 5.11 Å². The first-order valence-electron chi connectivity index (χ1n) is 7.66. The standard InChI is InChI=1S/C17H18FNO3/c18-12-9-7-11(8-10-12)14-15(20)17(22)19(16(14)21)13-5-3-1-2-4-6-13/h7-10,13,20H,1-6H2. The number of amides is 2. The van der Waals surface area contributed by atoms with Gasteiger partial charge >= 0.3 is 0 Å². The van der Waals surface area contributed by atoms with E-state index in [1.54, 1.807) is 0 Å². The van der Waals surface area contributed by atoms with Crippen LogP contribution < -0.4 is 0 Å². The van der Waals surface area contributed by atoms with Crippen molar-refractivity contribution >= 4 is 17.4 Å². The summed E-state index contributed by atoms with van der Waals surface area (Å²) in [6, 6.07) is 5.08. The number of halogens is 1. The molecule has 0 spiro atoms. The molecule has 0 unspecified atom stereocenters. The molecule has 5 heteroatoms. The summed E-state index contributed by atoms with van der Waals surface area (Å²) < 4.78 is 13.0. The smallest absolute Gasteiger partial charge is 0.296 e. The molecule has 1 aromatic carbocycles. The lowest BCUT2D eigenvalue weighted by Gasteiger charge is -2.25. The normalized spacial score (nSPS) is 20.7. The van der Waals surface area contributed by atoms with Gasteiger partial charge in [-0.25, -0.2) is 4.39 Å². The summed E-state index contributed by atoms with van der Waals surface area (Å²) in [6.45, 7) is 0. The van der Waals surface area contributed by atoms with E-state index in [0.717, 1.165) is 38.5 Å². The highest BCUT2D eigenvalue weighted by Gasteiger charge is 2.42. The third-order valence-electron chi connectivity index (χ3n) is 4.41. The number of carbonyl (C=O) groups excluding carboxylic acids is 2. The fraction of sp³-hybridized carbons (Fsp3) is 0.412. The minimum Gasteiger partial charge on any atom is -0.502 e. The SMILES string of the molecule is O=C1C(O)=C(c2ccc(F)cc2)C(=O)N1C1CCCCCC1. The summed E-state index contributed by atoms with van der Waals surface area (Å²) in [5, 5.41) is 10.1. The average molecular weight is 303 g/mol. The van der Waals surface area contributed by atoms with Crippen LogP contribution in [0.15, 0.2) is 30.0 Å². The number of aliphatic hydroxyl groups is 1. The number of rotatable bonds is 2. The van der Waals surface area contributed by atoms with Gasteiger partial charge in [0.05, 0.1) is 5.57 Å². The van der Waals surface area contributed by atoms with E-state index < -0.39 is 23.4 Å². The fourth-order valence-corrected chi connectivity index (χ4v) is 3.26. The Kier molecular flexibility index (Phi) is 3.96. The summed E-state index contributed by atoms with van der Waals surface area (Å²) in [6.07, 6.45) is 5.74. The van der Waals surface area contributed by atoms with Crippen LogP contribution in [0, 0.1) is 5.82 Å². The number of hydrogen-bond acceptors (Lipinski definition) is 3. The molecule has 2 aliphatic rings. The molecule has 3 rings (SSSR count). The van der Waals surface area contributed by atoms with Crippen molar-refractivity contribution in [3.05, 3.63) is 41.4 Å². The lowest BCUT2D eigenvalue weighted by molar-refractivity contribution is -0.141. The molecule has 22 heavy (non-hydrogen) atoms. The van der Waals surface area contributed by atoms with Gasteiger partial charge in [-0.1, -0.05) is 37.8 Å². The first kappa shape index (κ1) is 14.8. The van der Waals surface area contributed by atoms with Crippen LogP contribution in [-0.2, 0) is 9.59 Å². The zero-order valence-corrected chi connectivity index (χ0v) is 12.2. The molecule has 0 atom stereocenters. The Morgan fingerprint density at radius 3 is 2.14 bits per heavy atom. The average Bonchev–Trinajstić information content (AvgIpc) is 2.70. The van der Waals surface area contributed by atoms with Crippen LogP contribution in [0.5, 0.6) is 0 Å². The summed E-state index contributed by atoms with van der Waals surface area (Å²) in [4.78, 5) is 26.1. The third kappa shape index (κ3) is 2.51. The topological polar surface area (TPSA) is 57.6 Å². The monoisotopic (exact) mass is 303 g/mol. The van der Waals surface area contributed by atoms with Gasteiger partial charge in [0.15, 0.2) is 5.76 Å². The van der Waals surface area contributed by atoms with Crippen LogP contribution in [0.3, 0.4) is 0 Å². The lowest BCUT2D eigenvalue weighted by Crippen LogP contribution is -2.40. The Morgan fingerprint density at radius 1 is 0.955 bits per heavy atom. The molecule has 1 saturated carbocycles. The molecule has 1 aromatic rings. The van der Waals surface area contributed by atoms with Gasteiger partial charge in [-0.05, 0) is 30.5 Å². The predicted octanol–water partition coefficient (Wildman–Crippen LogP) is 3.19. The van der Waals surface area contributed by atoms with Crippen molar-refractivity contribution in [1.82, 2.24) is 4.90 Å². The Labute approximate surface area is 128 Å². The van der Waals surface area contributed by atoms with E-state index in [2.05, 4.69) is 0 Å². The number of aliphatic hydroxyl groups excluding tert-OH is 1. The molecule has 116 valence electrons. The number of nitrogens with zero attached hydrogens (tertiary/aromatic N) is 1. The van der Waals surface area contributed by atoms with E-state index in [9.17, 15) is 19.1 Å². The Morgan fingerprint density at radius 2 is 1.55 bits per heavy atom. The maximum absolute atomic E-state index is 13.0. The number of benzene rings is 1. The molecule has 0 bridgehead atoms. The summed E-state index contributed by atoms with van der Waals surface area (Å²) in [5.41, 5.74) is 0.350. The molecule has 2 amide bonds. The van der Waals surface area contributed by atoms with Crippen molar-refractivity contribution in [2.45, 2.75) is 44.6 Å². The quantitative estimate of drug-likeness (QED) is 0.674. The van der Waals surface area contributed by atoms with E-state index >= 15 is 0 Å². The molecule has 0 radical (unpaired) electrons. The molecule has 0 aromatic heterocycles. The van der Waals surface area contributed by atoms with Crippen molar-refractivity contribution < 1.29 is 19.1 Å². The van der Waals surface area contributed by atoms with Crippen molar-refractivity contribution in [3.8, 4) is 0 Å². The second-order valence-corrected chi connectivity index (χ2v) is 5.86. The van der Waals surface area contributed by atoms with Crippen LogP contribution in [-0.4, -0.2) is 27.9 Å². The van der Waals surface area contributed by atoms with Crippen LogP contribution in [0.25, 0.3) is 5.57 Å². The summed E-state index contributed by atoms with van der Waals surface area (Å²) >= 11 is 0. The van der Waals surface area contributed by atoms with Crippen molar-refractivity contribution in [2.24, 2.45) is 0 Å². The Hall–Kier alpha value is -2.17. The Balaban J connectivity index is 1.91. The first-order chi connectivity index (χ1) is 10.6.